The molecular formula is C22H23F3N4O. The first-order valence-corrected chi connectivity index (χ1v) is 9.94. The molecule has 1 saturated carbocycles. The highest BCUT2D eigenvalue weighted by atomic mass is 19.4. The van der Waals surface area contributed by atoms with Crippen molar-refractivity contribution in [1.29, 1.82) is 0 Å². The van der Waals surface area contributed by atoms with E-state index in [0.717, 1.165) is 30.2 Å². The summed E-state index contributed by atoms with van der Waals surface area (Å²) in [7, 11) is 0. The van der Waals surface area contributed by atoms with E-state index in [1.807, 2.05) is 32.0 Å². The molecule has 0 saturated heterocycles. The number of nitrogens with zero attached hydrogens (tertiary/aromatic N) is 4. The maximum absolute atomic E-state index is 12.8. The van der Waals surface area contributed by atoms with Gasteiger partial charge in [-0.05, 0) is 56.9 Å². The van der Waals surface area contributed by atoms with Crippen LogP contribution in [-0.4, -0.2) is 26.1 Å². The zero-order chi connectivity index (χ0) is 21.4. The van der Waals surface area contributed by atoms with E-state index in [9.17, 15) is 13.2 Å². The Morgan fingerprint density at radius 3 is 2.43 bits per heavy atom. The van der Waals surface area contributed by atoms with E-state index in [0.29, 0.717) is 24.4 Å². The van der Waals surface area contributed by atoms with E-state index in [2.05, 4.69) is 24.5 Å². The summed E-state index contributed by atoms with van der Waals surface area (Å²) in [6.07, 6.45) is -0.510. The molecule has 0 N–H and O–H groups in total. The van der Waals surface area contributed by atoms with Gasteiger partial charge in [-0.3, -0.25) is 4.98 Å². The Bertz CT molecular complexity index is 1010. The Labute approximate surface area is 172 Å². The smallest absolute Gasteiger partial charge is 0.406 e. The molecular weight excluding hydrogens is 393 g/mol. The lowest BCUT2D eigenvalue weighted by Gasteiger charge is -2.24. The molecule has 0 bridgehead atoms. The molecule has 2 heterocycles. The second kappa shape index (κ2) is 7.74. The number of para-hydroxylation sites is 1. The Balaban J connectivity index is 1.65. The van der Waals surface area contributed by atoms with Crippen molar-refractivity contribution in [3.63, 3.8) is 0 Å². The zero-order valence-electron chi connectivity index (χ0n) is 16.9. The van der Waals surface area contributed by atoms with Crippen molar-refractivity contribution in [2.24, 2.45) is 0 Å². The van der Waals surface area contributed by atoms with E-state index < -0.39 is 11.8 Å². The fourth-order valence-electron chi connectivity index (χ4n) is 3.66. The van der Waals surface area contributed by atoms with Crippen LogP contribution in [0.5, 0.6) is 5.75 Å². The fraction of sp³-hybridized carbons (Fsp3) is 0.409. The summed E-state index contributed by atoms with van der Waals surface area (Å²) in [5.41, 5.74) is 0.859. The topological polar surface area (TPSA) is 52.8 Å². The van der Waals surface area contributed by atoms with Gasteiger partial charge in [0.1, 0.15) is 17.4 Å². The van der Waals surface area contributed by atoms with Gasteiger partial charge in [-0.1, -0.05) is 24.3 Å². The molecule has 30 heavy (non-hydrogen) atoms. The number of alkyl halides is 3. The minimum absolute atomic E-state index is 0.170. The predicted molar refractivity (Wildman–Crippen MR) is 105 cm³/mol. The number of benzene rings is 1. The number of ether oxygens (including phenoxy) is 1. The third-order valence-electron chi connectivity index (χ3n) is 5.39. The van der Waals surface area contributed by atoms with Crippen LogP contribution in [0.2, 0.25) is 0 Å². The summed E-state index contributed by atoms with van der Waals surface area (Å²) in [5.74, 6) is 1.84. The van der Waals surface area contributed by atoms with Gasteiger partial charge in [-0.25, -0.2) is 0 Å². The molecule has 1 aliphatic rings. The number of pyridine rings is 1. The molecule has 0 radical (unpaired) electrons. The normalized spacial score (nSPS) is 14.7. The number of aryl methyl sites for hydroxylation is 1. The van der Waals surface area contributed by atoms with Crippen molar-refractivity contribution in [2.75, 3.05) is 0 Å². The lowest BCUT2D eigenvalue weighted by Crippen LogP contribution is -2.27. The largest absolute Gasteiger partial charge is 0.573 e. The molecule has 1 aromatic carbocycles. The molecule has 1 fully saturated rings. The summed E-state index contributed by atoms with van der Waals surface area (Å²) in [5, 5.41) is 8.92. The fourth-order valence-corrected chi connectivity index (χ4v) is 3.66. The molecule has 4 rings (SSSR count). The average Bonchev–Trinajstić information content (AvgIpc) is 3.45. The van der Waals surface area contributed by atoms with Gasteiger partial charge in [0.05, 0.1) is 11.1 Å². The second-order valence-electron chi connectivity index (χ2n) is 8.05. The van der Waals surface area contributed by atoms with Crippen LogP contribution in [0.3, 0.4) is 0 Å². The Morgan fingerprint density at radius 2 is 1.77 bits per heavy atom. The Kier molecular flexibility index (Phi) is 5.26. The number of hydrogen-bond donors (Lipinski definition) is 0. The first kappa shape index (κ1) is 20.4. The van der Waals surface area contributed by atoms with Crippen molar-refractivity contribution in [1.82, 2.24) is 19.7 Å². The summed E-state index contributed by atoms with van der Waals surface area (Å²) in [6.45, 7) is 4.53. The molecule has 0 spiro atoms. The monoisotopic (exact) mass is 416 g/mol. The Hall–Kier alpha value is -2.90. The van der Waals surface area contributed by atoms with Crippen molar-refractivity contribution in [3.8, 4) is 5.75 Å². The maximum atomic E-state index is 12.8. The molecule has 158 valence electrons. The van der Waals surface area contributed by atoms with Gasteiger partial charge < -0.3 is 9.30 Å². The Morgan fingerprint density at radius 1 is 1.03 bits per heavy atom. The first-order valence-electron chi connectivity index (χ1n) is 9.94. The lowest BCUT2D eigenvalue weighted by atomic mass is 9.87. The number of aromatic nitrogens is 4. The standard InChI is InChI=1S/C22H23F3N4O/c1-21(2,18-9-5-6-13-26-18)20-28-27-19(16-10-11-16)29(20)14-12-15-7-3-4-8-17(15)30-22(23,24)25/h3-9,13,16H,10-12,14H2,1-2H3. The van der Waals surface area contributed by atoms with Gasteiger partial charge in [0.2, 0.25) is 0 Å². The highest BCUT2D eigenvalue weighted by Gasteiger charge is 2.36. The van der Waals surface area contributed by atoms with Gasteiger partial charge in [-0.2, -0.15) is 0 Å². The molecule has 0 unspecified atom stereocenters. The van der Waals surface area contributed by atoms with Crippen LogP contribution in [-0.2, 0) is 18.4 Å². The van der Waals surface area contributed by atoms with Crippen LogP contribution in [0, 0.1) is 0 Å². The van der Waals surface area contributed by atoms with Gasteiger partial charge in [0.25, 0.3) is 0 Å². The number of rotatable bonds is 7. The first-order chi connectivity index (χ1) is 14.3. The van der Waals surface area contributed by atoms with Gasteiger partial charge >= 0.3 is 6.36 Å². The van der Waals surface area contributed by atoms with Crippen molar-refractivity contribution < 1.29 is 17.9 Å². The molecule has 1 aliphatic carbocycles. The van der Waals surface area contributed by atoms with Crippen molar-refractivity contribution in [3.05, 3.63) is 71.6 Å². The quantitative estimate of drug-likeness (QED) is 0.543. The minimum atomic E-state index is -4.72. The maximum Gasteiger partial charge on any atom is 0.573 e. The molecule has 0 aliphatic heterocycles. The van der Waals surface area contributed by atoms with Crippen LogP contribution in [0.15, 0.2) is 48.7 Å². The molecule has 0 amide bonds. The molecule has 8 heteroatoms. The number of halogens is 3. The van der Waals surface area contributed by atoms with Crippen LogP contribution in [0.25, 0.3) is 0 Å². The van der Waals surface area contributed by atoms with Crippen molar-refractivity contribution >= 4 is 0 Å². The van der Waals surface area contributed by atoms with E-state index in [4.69, 9.17) is 0 Å². The van der Waals surface area contributed by atoms with Gasteiger partial charge in [-0.15, -0.1) is 23.4 Å². The van der Waals surface area contributed by atoms with Crippen LogP contribution < -0.4 is 4.74 Å². The predicted octanol–water partition coefficient (Wildman–Crippen LogP) is 5.02. The summed E-state index contributed by atoms with van der Waals surface area (Å²) in [6, 6.07) is 12.0. The number of hydrogen-bond acceptors (Lipinski definition) is 4. The van der Waals surface area contributed by atoms with E-state index in [1.165, 1.54) is 12.1 Å². The summed E-state index contributed by atoms with van der Waals surface area (Å²) >= 11 is 0. The summed E-state index contributed by atoms with van der Waals surface area (Å²) in [4.78, 5) is 4.48. The van der Waals surface area contributed by atoms with Gasteiger partial charge in [0.15, 0.2) is 0 Å². The van der Waals surface area contributed by atoms with Crippen LogP contribution in [0.4, 0.5) is 13.2 Å². The highest BCUT2D eigenvalue weighted by Crippen LogP contribution is 2.41. The minimum Gasteiger partial charge on any atom is -0.406 e. The molecule has 3 aromatic rings. The third-order valence-corrected chi connectivity index (χ3v) is 5.39. The van der Waals surface area contributed by atoms with Crippen LogP contribution in [0.1, 0.15) is 55.5 Å². The molecule has 0 atom stereocenters. The molecule has 5 nitrogen and oxygen atoms in total. The van der Waals surface area contributed by atoms with Crippen molar-refractivity contribution in [2.45, 2.75) is 57.3 Å². The average molecular weight is 416 g/mol. The highest BCUT2D eigenvalue weighted by molar-refractivity contribution is 5.34. The summed E-state index contributed by atoms with van der Waals surface area (Å²) < 4.78 is 44.6. The second-order valence-corrected chi connectivity index (χ2v) is 8.05. The zero-order valence-corrected chi connectivity index (χ0v) is 16.9. The molecule has 2 aromatic heterocycles. The van der Waals surface area contributed by atoms with E-state index in [-0.39, 0.29) is 5.75 Å². The van der Waals surface area contributed by atoms with E-state index >= 15 is 0 Å². The SMILES string of the molecule is CC(C)(c1ccccn1)c1nnc(C2CC2)n1CCc1ccccc1OC(F)(F)F. The lowest BCUT2D eigenvalue weighted by molar-refractivity contribution is -0.274. The van der Waals surface area contributed by atoms with Gasteiger partial charge in [0, 0.05) is 18.7 Å². The third kappa shape index (κ3) is 4.32. The van der Waals surface area contributed by atoms with Crippen LogP contribution >= 0.6 is 0 Å². The van der Waals surface area contributed by atoms with E-state index in [1.54, 1.807) is 18.3 Å².